The van der Waals surface area contributed by atoms with E-state index in [0.29, 0.717) is 17.6 Å². The monoisotopic (exact) mass is 306 g/mol. The number of hydrogen-bond donors (Lipinski definition) is 0. The second kappa shape index (κ2) is 6.21. The van der Waals surface area contributed by atoms with E-state index in [1.165, 1.54) is 16.7 Å². The Bertz CT molecular complexity index is 802. The van der Waals surface area contributed by atoms with Gasteiger partial charge in [-0.2, -0.15) is 0 Å². The Balaban J connectivity index is 1.78. The minimum Gasteiger partial charge on any atom is -0.461 e. The fourth-order valence-electron chi connectivity index (χ4n) is 2.83. The standard InChI is InChI=1S/C20H18O3/c1-3-19(21)23-12-13(2)20(22)15-8-9-18-16(11-15)10-14-6-4-5-7-17(14)18/h4-9,11H,2-3,10,12H2,1H3. The van der Waals surface area contributed by atoms with Crippen LogP contribution in [0.3, 0.4) is 0 Å². The Labute approximate surface area is 135 Å². The van der Waals surface area contributed by atoms with Gasteiger partial charge in [0.05, 0.1) is 0 Å². The van der Waals surface area contributed by atoms with Crippen LogP contribution in [0.15, 0.2) is 54.6 Å². The Kier molecular flexibility index (Phi) is 4.11. The van der Waals surface area contributed by atoms with Crippen LogP contribution in [0.2, 0.25) is 0 Å². The van der Waals surface area contributed by atoms with Crippen LogP contribution in [0, 0.1) is 0 Å². The number of rotatable bonds is 5. The molecule has 3 heteroatoms. The van der Waals surface area contributed by atoms with Crippen molar-refractivity contribution in [3.05, 3.63) is 71.3 Å². The molecule has 0 fully saturated rings. The molecule has 0 bridgehead atoms. The van der Waals surface area contributed by atoms with Gasteiger partial charge in [0.15, 0.2) is 5.78 Å². The number of hydrogen-bond acceptors (Lipinski definition) is 3. The second-order valence-electron chi connectivity index (χ2n) is 5.65. The van der Waals surface area contributed by atoms with Crippen LogP contribution in [0.5, 0.6) is 0 Å². The third-order valence-electron chi connectivity index (χ3n) is 4.07. The molecule has 0 aliphatic heterocycles. The maximum atomic E-state index is 12.4. The van der Waals surface area contributed by atoms with Crippen molar-refractivity contribution in [2.45, 2.75) is 19.8 Å². The van der Waals surface area contributed by atoms with Crippen molar-refractivity contribution >= 4 is 11.8 Å². The van der Waals surface area contributed by atoms with E-state index in [2.05, 4.69) is 18.7 Å². The van der Waals surface area contributed by atoms with E-state index >= 15 is 0 Å². The largest absolute Gasteiger partial charge is 0.461 e. The lowest BCUT2D eigenvalue weighted by Gasteiger charge is -2.08. The zero-order valence-corrected chi connectivity index (χ0v) is 13.1. The SMILES string of the molecule is C=C(COC(=O)CC)C(=O)c1ccc2c(c1)Cc1ccccc1-2. The van der Waals surface area contributed by atoms with E-state index in [-0.39, 0.29) is 18.4 Å². The van der Waals surface area contributed by atoms with Gasteiger partial charge in [-0.05, 0) is 34.7 Å². The molecule has 0 unspecified atom stereocenters. The molecule has 0 radical (unpaired) electrons. The first kappa shape index (κ1) is 15.2. The van der Waals surface area contributed by atoms with Crippen LogP contribution in [0.25, 0.3) is 11.1 Å². The summed E-state index contributed by atoms with van der Waals surface area (Å²) in [4.78, 5) is 23.6. The first-order chi connectivity index (χ1) is 11.1. The Hall–Kier alpha value is -2.68. The van der Waals surface area contributed by atoms with Gasteiger partial charge in [-0.1, -0.05) is 49.9 Å². The van der Waals surface area contributed by atoms with Crippen LogP contribution < -0.4 is 0 Å². The molecule has 3 nitrogen and oxygen atoms in total. The molecule has 23 heavy (non-hydrogen) atoms. The Morgan fingerprint density at radius 1 is 1.09 bits per heavy atom. The van der Waals surface area contributed by atoms with Crippen molar-refractivity contribution in [1.29, 1.82) is 0 Å². The summed E-state index contributed by atoms with van der Waals surface area (Å²) in [6.07, 6.45) is 1.13. The lowest BCUT2D eigenvalue weighted by Crippen LogP contribution is -2.12. The maximum absolute atomic E-state index is 12.4. The molecule has 0 spiro atoms. The lowest BCUT2D eigenvalue weighted by molar-refractivity contribution is -0.142. The Morgan fingerprint density at radius 3 is 2.61 bits per heavy atom. The van der Waals surface area contributed by atoms with E-state index in [1.54, 1.807) is 6.92 Å². The van der Waals surface area contributed by atoms with Crippen LogP contribution >= 0.6 is 0 Å². The van der Waals surface area contributed by atoms with Gasteiger partial charge in [0.25, 0.3) is 0 Å². The molecule has 0 saturated heterocycles. The van der Waals surface area contributed by atoms with Crippen molar-refractivity contribution in [3.63, 3.8) is 0 Å². The zero-order chi connectivity index (χ0) is 16.4. The number of esters is 1. The van der Waals surface area contributed by atoms with Crippen molar-refractivity contribution < 1.29 is 14.3 Å². The van der Waals surface area contributed by atoms with Crippen LogP contribution in [0.1, 0.15) is 34.8 Å². The summed E-state index contributed by atoms with van der Waals surface area (Å²) in [6.45, 7) is 5.40. The normalized spacial score (nSPS) is 11.5. The summed E-state index contributed by atoms with van der Waals surface area (Å²) in [6, 6.07) is 14.0. The summed E-state index contributed by atoms with van der Waals surface area (Å²) in [5, 5.41) is 0. The minimum absolute atomic E-state index is 0.0528. The average molecular weight is 306 g/mol. The number of ketones is 1. The Morgan fingerprint density at radius 2 is 1.83 bits per heavy atom. The summed E-state index contributed by atoms with van der Waals surface area (Å²) in [5.41, 5.74) is 5.73. The van der Waals surface area contributed by atoms with Gasteiger partial charge in [-0.15, -0.1) is 0 Å². The number of ether oxygens (including phenoxy) is 1. The molecule has 1 aliphatic rings. The van der Waals surface area contributed by atoms with Gasteiger partial charge in [-0.25, -0.2) is 0 Å². The van der Waals surface area contributed by atoms with Gasteiger partial charge in [0.2, 0.25) is 0 Å². The fraction of sp³-hybridized carbons (Fsp3) is 0.200. The third-order valence-corrected chi connectivity index (χ3v) is 4.07. The molecule has 0 saturated carbocycles. The average Bonchev–Trinajstić information content (AvgIpc) is 2.96. The van der Waals surface area contributed by atoms with Crippen molar-refractivity contribution in [1.82, 2.24) is 0 Å². The van der Waals surface area contributed by atoms with Crippen LogP contribution in [-0.4, -0.2) is 18.4 Å². The molecule has 3 rings (SSSR count). The fourth-order valence-corrected chi connectivity index (χ4v) is 2.83. The number of fused-ring (bicyclic) bond motifs is 3. The van der Waals surface area contributed by atoms with E-state index in [1.807, 2.05) is 30.3 Å². The highest BCUT2D eigenvalue weighted by Gasteiger charge is 2.20. The molecule has 2 aromatic carbocycles. The first-order valence-corrected chi connectivity index (χ1v) is 7.69. The van der Waals surface area contributed by atoms with E-state index < -0.39 is 0 Å². The summed E-state index contributed by atoms with van der Waals surface area (Å²) in [5.74, 6) is -0.504. The third kappa shape index (κ3) is 2.95. The highest BCUT2D eigenvalue weighted by atomic mass is 16.5. The first-order valence-electron chi connectivity index (χ1n) is 7.69. The van der Waals surface area contributed by atoms with E-state index in [0.717, 1.165) is 12.0 Å². The van der Waals surface area contributed by atoms with Gasteiger partial charge in [0.1, 0.15) is 6.61 Å². The van der Waals surface area contributed by atoms with Crippen molar-refractivity contribution in [3.8, 4) is 11.1 Å². The zero-order valence-electron chi connectivity index (χ0n) is 13.1. The molecular weight excluding hydrogens is 288 g/mol. The molecule has 116 valence electrons. The molecule has 0 atom stereocenters. The predicted octanol–water partition coefficient (Wildman–Crippen LogP) is 3.95. The maximum Gasteiger partial charge on any atom is 0.305 e. The second-order valence-corrected chi connectivity index (χ2v) is 5.65. The lowest BCUT2D eigenvalue weighted by atomic mass is 9.99. The highest BCUT2D eigenvalue weighted by molar-refractivity contribution is 6.09. The van der Waals surface area contributed by atoms with Crippen LogP contribution in [0.4, 0.5) is 0 Å². The van der Waals surface area contributed by atoms with E-state index in [9.17, 15) is 9.59 Å². The van der Waals surface area contributed by atoms with Gasteiger partial charge in [-0.3, -0.25) is 9.59 Å². The summed E-state index contributed by atoms with van der Waals surface area (Å²) < 4.78 is 4.98. The van der Waals surface area contributed by atoms with Crippen molar-refractivity contribution in [2.75, 3.05) is 6.61 Å². The number of carbonyl (C=O) groups excluding carboxylic acids is 2. The van der Waals surface area contributed by atoms with Gasteiger partial charge in [0, 0.05) is 17.6 Å². The summed E-state index contributed by atoms with van der Waals surface area (Å²) >= 11 is 0. The molecule has 0 N–H and O–H groups in total. The van der Waals surface area contributed by atoms with Gasteiger partial charge < -0.3 is 4.74 Å². The van der Waals surface area contributed by atoms with E-state index in [4.69, 9.17) is 4.74 Å². The van der Waals surface area contributed by atoms with Crippen molar-refractivity contribution in [2.24, 2.45) is 0 Å². The number of carbonyl (C=O) groups is 2. The molecule has 2 aromatic rings. The molecule has 0 amide bonds. The highest BCUT2D eigenvalue weighted by Crippen LogP contribution is 2.36. The molecular formula is C20H18O3. The van der Waals surface area contributed by atoms with Crippen LogP contribution in [-0.2, 0) is 16.0 Å². The quantitative estimate of drug-likeness (QED) is 0.407. The minimum atomic E-state index is -0.330. The van der Waals surface area contributed by atoms with Gasteiger partial charge >= 0.3 is 5.97 Å². The number of Topliss-reactive ketones (excluding diaryl/α,β-unsaturated/α-hetero) is 1. The predicted molar refractivity (Wildman–Crippen MR) is 89.4 cm³/mol. The molecule has 1 aliphatic carbocycles. The molecule has 0 aromatic heterocycles. The number of benzene rings is 2. The summed E-state index contributed by atoms with van der Waals surface area (Å²) in [7, 11) is 0. The molecule has 0 heterocycles. The topological polar surface area (TPSA) is 43.4 Å². The smallest absolute Gasteiger partial charge is 0.305 e.